The fourth-order valence-corrected chi connectivity index (χ4v) is 3.38. The van der Waals surface area contributed by atoms with Gasteiger partial charge in [0.1, 0.15) is 0 Å². The van der Waals surface area contributed by atoms with Crippen LogP contribution in [0, 0.1) is 10.1 Å². The van der Waals surface area contributed by atoms with Crippen molar-refractivity contribution in [3.63, 3.8) is 0 Å². The molecule has 2 aromatic rings. The van der Waals surface area contributed by atoms with Crippen LogP contribution in [0.1, 0.15) is 10.4 Å². The number of benzene rings is 2. The predicted molar refractivity (Wildman–Crippen MR) is 93.7 cm³/mol. The number of nitro groups is 1. The summed E-state index contributed by atoms with van der Waals surface area (Å²) in [7, 11) is -7.27. The maximum absolute atomic E-state index is 12.4. The lowest BCUT2D eigenvalue weighted by atomic mass is 10.2. The van der Waals surface area contributed by atoms with Gasteiger partial charge < -0.3 is 5.32 Å². The summed E-state index contributed by atoms with van der Waals surface area (Å²) in [6.45, 7) is 0. The van der Waals surface area contributed by atoms with E-state index in [1.54, 1.807) is 0 Å². The van der Waals surface area contributed by atoms with E-state index in [9.17, 15) is 31.7 Å². The van der Waals surface area contributed by atoms with Crippen molar-refractivity contribution in [1.82, 2.24) is 0 Å². The van der Waals surface area contributed by atoms with Crippen LogP contribution in [0.5, 0.6) is 0 Å². The number of carbonyl (C=O) groups excluding carboxylic acids is 1. The van der Waals surface area contributed by atoms with Crippen LogP contribution in [0.2, 0.25) is 0 Å². The van der Waals surface area contributed by atoms with Gasteiger partial charge in [-0.25, -0.2) is 16.8 Å². The minimum atomic E-state index is -3.78. The number of sulfone groups is 2. The van der Waals surface area contributed by atoms with Gasteiger partial charge in [-0.15, -0.1) is 0 Å². The molecule has 2 rings (SSSR count). The van der Waals surface area contributed by atoms with Crippen LogP contribution in [0.15, 0.2) is 52.3 Å². The first kappa shape index (κ1) is 19.5. The molecular weight excluding hydrogens is 384 g/mol. The summed E-state index contributed by atoms with van der Waals surface area (Å²) in [6, 6.07) is 8.23. The van der Waals surface area contributed by atoms with E-state index in [-0.39, 0.29) is 21.0 Å². The number of nitro benzene ring substituents is 1. The standard InChI is InChI=1S/C15H14N2O7S2/c1-25(21,22)13-5-3-4-11(8-13)16-15(18)10-6-12(17(19)20)9-14(7-10)26(2,23)24/h3-9H,1-2H3,(H,16,18). The highest BCUT2D eigenvalue weighted by Gasteiger charge is 2.19. The zero-order valence-corrected chi connectivity index (χ0v) is 15.3. The molecule has 0 fully saturated rings. The molecule has 26 heavy (non-hydrogen) atoms. The number of nitrogens with one attached hydrogen (secondary N) is 1. The van der Waals surface area contributed by atoms with Gasteiger partial charge in [-0.05, 0) is 24.3 Å². The van der Waals surface area contributed by atoms with Gasteiger partial charge >= 0.3 is 0 Å². The van der Waals surface area contributed by atoms with Crippen LogP contribution >= 0.6 is 0 Å². The minimum absolute atomic E-state index is 0.0221. The van der Waals surface area contributed by atoms with Gasteiger partial charge in [0.05, 0.1) is 14.7 Å². The second kappa shape index (κ2) is 6.84. The molecule has 2 aromatic carbocycles. The monoisotopic (exact) mass is 398 g/mol. The molecule has 0 bridgehead atoms. The summed E-state index contributed by atoms with van der Waals surface area (Å²) in [4.78, 5) is 22.1. The first-order chi connectivity index (χ1) is 11.9. The van der Waals surface area contributed by atoms with Crippen LogP contribution in [0.4, 0.5) is 11.4 Å². The number of anilines is 1. The molecule has 0 aliphatic carbocycles. The van der Waals surface area contributed by atoms with Gasteiger partial charge in [0, 0.05) is 35.9 Å². The van der Waals surface area contributed by atoms with Crippen LogP contribution in [-0.2, 0) is 19.7 Å². The van der Waals surface area contributed by atoms with Gasteiger partial charge in [-0.1, -0.05) is 6.07 Å². The summed E-state index contributed by atoms with van der Waals surface area (Å²) >= 11 is 0. The molecule has 0 aromatic heterocycles. The smallest absolute Gasteiger partial charge is 0.271 e. The van der Waals surface area contributed by atoms with Gasteiger partial charge in [-0.3, -0.25) is 14.9 Å². The highest BCUT2D eigenvalue weighted by Crippen LogP contribution is 2.22. The van der Waals surface area contributed by atoms with E-state index in [2.05, 4.69) is 5.32 Å². The number of non-ortho nitro benzene ring substituents is 1. The Morgan fingerprint density at radius 2 is 1.58 bits per heavy atom. The first-order valence-electron chi connectivity index (χ1n) is 6.99. The molecule has 11 heteroatoms. The molecule has 138 valence electrons. The van der Waals surface area contributed by atoms with Gasteiger partial charge in [0.2, 0.25) is 0 Å². The maximum atomic E-state index is 12.4. The quantitative estimate of drug-likeness (QED) is 0.596. The van der Waals surface area contributed by atoms with E-state index < -0.39 is 36.2 Å². The molecule has 0 aliphatic heterocycles. The second-order valence-corrected chi connectivity index (χ2v) is 9.53. The summed E-state index contributed by atoms with van der Waals surface area (Å²) in [6.07, 6.45) is 1.87. The van der Waals surface area contributed by atoms with E-state index in [0.717, 1.165) is 30.7 Å². The number of hydrogen-bond acceptors (Lipinski definition) is 7. The Balaban J connectivity index is 2.44. The fraction of sp³-hybridized carbons (Fsp3) is 0.133. The largest absolute Gasteiger partial charge is 0.322 e. The third kappa shape index (κ3) is 4.64. The molecule has 0 spiro atoms. The van der Waals surface area contributed by atoms with Crippen molar-refractivity contribution in [2.24, 2.45) is 0 Å². The Hall–Kier alpha value is -2.79. The molecule has 0 aliphatic rings. The van der Waals surface area contributed by atoms with E-state index in [4.69, 9.17) is 0 Å². The van der Waals surface area contributed by atoms with E-state index in [1.807, 2.05) is 0 Å². The Bertz CT molecular complexity index is 1110. The van der Waals surface area contributed by atoms with Crippen molar-refractivity contribution in [3.8, 4) is 0 Å². The SMILES string of the molecule is CS(=O)(=O)c1cccc(NC(=O)c2cc([N+](=O)[O-])cc(S(C)(=O)=O)c2)c1. The van der Waals surface area contributed by atoms with Crippen molar-refractivity contribution < 1.29 is 26.6 Å². The molecule has 0 unspecified atom stereocenters. The Labute approximate surface area is 149 Å². The second-order valence-electron chi connectivity index (χ2n) is 5.50. The van der Waals surface area contributed by atoms with Crippen LogP contribution in [-0.4, -0.2) is 40.2 Å². The highest BCUT2D eigenvalue weighted by atomic mass is 32.2. The lowest BCUT2D eigenvalue weighted by Crippen LogP contribution is -2.14. The Kier molecular flexibility index (Phi) is 5.14. The average Bonchev–Trinajstić information content (AvgIpc) is 2.53. The number of amides is 1. The third-order valence-electron chi connectivity index (χ3n) is 3.31. The van der Waals surface area contributed by atoms with Crippen molar-refractivity contribution in [1.29, 1.82) is 0 Å². The lowest BCUT2D eigenvalue weighted by molar-refractivity contribution is -0.385. The van der Waals surface area contributed by atoms with Crippen LogP contribution < -0.4 is 5.32 Å². The van der Waals surface area contributed by atoms with Gasteiger partial charge in [-0.2, -0.15) is 0 Å². The highest BCUT2D eigenvalue weighted by molar-refractivity contribution is 7.91. The molecule has 0 radical (unpaired) electrons. The van der Waals surface area contributed by atoms with Gasteiger partial charge in [0.25, 0.3) is 11.6 Å². The number of rotatable bonds is 5. The van der Waals surface area contributed by atoms with Crippen molar-refractivity contribution in [3.05, 3.63) is 58.1 Å². The number of carbonyl (C=O) groups is 1. The molecule has 0 atom stereocenters. The topological polar surface area (TPSA) is 141 Å². The Morgan fingerprint density at radius 1 is 0.962 bits per heavy atom. The average molecular weight is 398 g/mol. The van der Waals surface area contributed by atoms with Gasteiger partial charge in [0.15, 0.2) is 19.7 Å². The predicted octanol–water partition coefficient (Wildman–Crippen LogP) is 1.65. The third-order valence-corrected chi connectivity index (χ3v) is 5.51. The van der Waals surface area contributed by atoms with E-state index >= 15 is 0 Å². The van der Waals surface area contributed by atoms with Crippen LogP contribution in [0.3, 0.4) is 0 Å². The van der Waals surface area contributed by atoms with E-state index in [1.165, 1.54) is 24.3 Å². The number of hydrogen-bond donors (Lipinski definition) is 1. The Morgan fingerprint density at radius 3 is 2.12 bits per heavy atom. The molecular formula is C15H14N2O7S2. The molecule has 0 saturated carbocycles. The summed E-state index contributed by atoms with van der Waals surface area (Å²) < 4.78 is 46.5. The maximum Gasteiger partial charge on any atom is 0.271 e. The lowest BCUT2D eigenvalue weighted by Gasteiger charge is -2.08. The zero-order valence-electron chi connectivity index (χ0n) is 13.7. The molecule has 0 saturated heterocycles. The van der Waals surface area contributed by atoms with Crippen LogP contribution in [0.25, 0.3) is 0 Å². The summed E-state index contributed by atoms with van der Waals surface area (Å²) in [5.74, 6) is -0.816. The molecule has 0 heterocycles. The molecule has 1 N–H and O–H groups in total. The summed E-state index contributed by atoms with van der Waals surface area (Å²) in [5, 5.41) is 13.4. The summed E-state index contributed by atoms with van der Waals surface area (Å²) in [5.41, 5.74) is -0.655. The van der Waals surface area contributed by atoms with Crippen molar-refractivity contribution in [2.75, 3.05) is 17.8 Å². The first-order valence-corrected chi connectivity index (χ1v) is 10.8. The van der Waals surface area contributed by atoms with Crippen molar-refractivity contribution in [2.45, 2.75) is 9.79 Å². The van der Waals surface area contributed by atoms with Crippen molar-refractivity contribution >= 4 is 37.0 Å². The zero-order chi connectivity index (χ0) is 19.7. The molecule has 1 amide bonds. The fourth-order valence-electron chi connectivity index (χ4n) is 2.04. The normalized spacial score (nSPS) is 11.8. The number of nitrogens with zero attached hydrogens (tertiary/aromatic N) is 1. The van der Waals surface area contributed by atoms with E-state index in [0.29, 0.717) is 0 Å². The minimum Gasteiger partial charge on any atom is -0.322 e. The molecule has 9 nitrogen and oxygen atoms in total.